The van der Waals surface area contributed by atoms with Crippen molar-refractivity contribution in [3.8, 4) is 5.75 Å². The second kappa shape index (κ2) is 9.00. The third-order valence-corrected chi connectivity index (χ3v) is 4.43. The van der Waals surface area contributed by atoms with E-state index in [2.05, 4.69) is 9.50 Å². The summed E-state index contributed by atoms with van der Waals surface area (Å²) in [6.45, 7) is 0.0424. The molecule has 0 radical (unpaired) electrons. The van der Waals surface area contributed by atoms with Crippen LogP contribution in [-0.4, -0.2) is 46.5 Å². The van der Waals surface area contributed by atoms with Crippen LogP contribution in [0.2, 0.25) is 0 Å². The molecule has 0 saturated carbocycles. The first-order chi connectivity index (χ1) is 11.0. The summed E-state index contributed by atoms with van der Waals surface area (Å²) < 4.78 is 78.6. The van der Waals surface area contributed by atoms with E-state index in [0.29, 0.717) is 26.2 Å². The van der Waals surface area contributed by atoms with E-state index in [-0.39, 0.29) is 69.1 Å². The van der Waals surface area contributed by atoms with Crippen molar-refractivity contribution in [3.05, 3.63) is 22.8 Å². The molecule has 2 rings (SSSR count). The molecule has 0 unspecified atom stereocenters. The number of nitrogens with zero attached hydrogens (tertiary/aromatic N) is 1. The van der Waals surface area contributed by atoms with E-state index in [1.54, 1.807) is 0 Å². The number of rotatable bonds is 5. The van der Waals surface area contributed by atoms with Gasteiger partial charge in [-0.3, -0.25) is 4.90 Å². The minimum Gasteiger partial charge on any atom is -0.445 e. The maximum Gasteiger partial charge on any atom is 1.00 e. The van der Waals surface area contributed by atoms with Crippen LogP contribution in [0, 0.1) is 13.8 Å². The van der Waals surface area contributed by atoms with Crippen LogP contribution in [-0.2, 0) is 17.0 Å². The molecule has 5 nitrogen and oxygen atoms in total. The molecule has 0 amide bonds. The first kappa shape index (κ1) is 23.4. The second-order valence-corrected chi connectivity index (χ2v) is 6.73. The van der Waals surface area contributed by atoms with Crippen LogP contribution in [0.15, 0.2) is 6.07 Å². The van der Waals surface area contributed by atoms with Crippen molar-refractivity contribution >= 4 is 22.9 Å². The average molecular weight is 408 g/mol. The third-order valence-electron chi connectivity index (χ3n) is 4.06. The largest absolute Gasteiger partial charge is 1.00 e. The van der Waals surface area contributed by atoms with Gasteiger partial charge >= 0.3 is 68.9 Å². The van der Waals surface area contributed by atoms with Gasteiger partial charge in [0.1, 0.15) is 5.75 Å². The summed E-state index contributed by atoms with van der Waals surface area (Å²) in [5, 5.41) is 3.13. The van der Waals surface area contributed by atoms with Gasteiger partial charge < -0.3 is 22.4 Å². The van der Waals surface area contributed by atoms with E-state index in [9.17, 15) is 25.3 Å². The van der Waals surface area contributed by atoms with Crippen molar-refractivity contribution in [1.29, 1.82) is 0 Å². The van der Waals surface area contributed by atoms with Gasteiger partial charge in [-0.15, -0.1) is 5.46 Å². The Balaban J connectivity index is 0.00000312. The molecule has 0 atom stereocenters. The number of piperazine rings is 1. The number of benzene rings is 1. The van der Waals surface area contributed by atoms with E-state index < -0.39 is 34.3 Å². The van der Waals surface area contributed by atoms with Gasteiger partial charge in [0.2, 0.25) is 0 Å². The Morgan fingerprint density at radius 3 is 2.24 bits per heavy atom. The van der Waals surface area contributed by atoms with Gasteiger partial charge in [-0.05, 0) is 30.5 Å². The van der Waals surface area contributed by atoms with Crippen LogP contribution >= 0.6 is 0 Å². The number of hydrogen-bond donors (Lipinski definition) is 1. The quantitative estimate of drug-likeness (QED) is 0.360. The van der Waals surface area contributed by atoms with Crippen molar-refractivity contribution in [1.82, 2.24) is 10.2 Å². The van der Waals surface area contributed by atoms with Gasteiger partial charge in [0.05, 0.1) is 0 Å². The summed E-state index contributed by atoms with van der Waals surface area (Å²) >= 11 is 0. The molecule has 1 saturated heterocycles. The maximum atomic E-state index is 13.3. The molecule has 1 fully saturated rings. The first-order valence-corrected chi connectivity index (χ1v) is 8.70. The van der Waals surface area contributed by atoms with Gasteiger partial charge in [-0.2, -0.15) is 8.42 Å². The zero-order valence-corrected chi connectivity index (χ0v) is 18.2. The predicted octanol–water partition coefficient (Wildman–Crippen LogP) is -1.64. The Morgan fingerprint density at radius 1 is 1.20 bits per heavy atom. The summed E-state index contributed by atoms with van der Waals surface area (Å²) in [6, 6.07) is 1.00. The molecular weight excluding hydrogens is 390 g/mol. The molecule has 0 spiro atoms. The second-order valence-electron chi connectivity index (χ2n) is 5.78. The van der Waals surface area contributed by atoms with E-state index in [0.717, 1.165) is 13.0 Å². The van der Waals surface area contributed by atoms with Crippen LogP contribution in [0.25, 0.3) is 0 Å². The third kappa shape index (κ3) is 6.45. The van der Waals surface area contributed by atoms with Crippen LogP contribution in [0.4, 0.5) is 16.8 Å². The Kier molecular flexibility index (Phi) is 8.41. The minimum absolute atomic E-state index is 0. The van der Waals surface area contributed by atoms with Crippen LogP contribution in [0.1, 0.15) is 16.7 Å². The monoisotopic (exact) mass is 408 g/mol. The SMILES string of the molecule is Cc1c(CN2CCNCC2)cc([B-](F)(F)F)c(C)c1OS(=O)(=O)F.[K+]. The molecule has 1 N–H and O–H groups in total. The molecule has 1 aromatic carbocycles. The van der Waals surface area contributed by atoms with Crippen LogP contribution in [0.3, 0.4) is 0 Å². The molecule has 0 aliphatic carbocycles. The van der Waals surface area contributed by atoms with Crippen molar-refractivity contribution < 1.29 is 80.8 Å². The Bertz CT molecular complexity index is 725. The zero-order chi connectivity index (χ0) is 18.1. The Hall–Kier alpha value is 0.311. The molecule has 12 heteroatoms. The molecular formula is C13H18BF4KN2O3S. The predicted molar refractivity (Wildman–Crippen MR) is 83.4 cm³/mol. The van der Waals surface area contributed by atoms with E-state index in [4.69, 9.17) is 0 Å². The van der Waals surface area contributed by atoms with Crippen molar-refractivity contribution in [2.75, 3.05) is 26.2 Å². The fourth-order valence-electron chi connectivity index (χ4n) is 2.80. The van der Waals surface area contributed by atoms with E-state index in [1.165, 1.54) is 6.92 Å². The van der Waals surface area contributed by atoms with Gasteiger partial charge in [0.25, 0.3) is 0 Å². The molecule has 1 heterocycles. The van der Waals surface area contributed by atoms with Crippen molar-refractivity contribution in [3.63, 3.8) is 0 Å². The van der Waals surface area contributed by atoms with E-state index in [1.807, 2.05) is 4.90 Å². The maximum absolute atomic E-state index is 13.3. The first-order valence-electron chi connectivity index (χ1n) is 7.39. The van der Waals surface area contributed by atoms with Gasteiger partial charge in [-0.25, -0.2) is 0 Å². The smallest absolute Gasteiger partial charge is 0.445 e. The number of hydrogen-bond acceptors (Lipinski definition) is 5. The normalized spacial score (nSPS) is 16.4. The molecule has 0 aromatic heterocycles. The standard InChI is InChI=1S/C13H18BF4N2O3S.K/c1-9-11(8-20-5-3-19-4-6-20)7-12(14(15,16)17)10(2)13(9)23-24(18,21)22;/h7,19H,3-6,8H2,1-2H3;/q-1;+1. The molecule has 1 aliphatic rings. The zero-order valence-electron chi connectivity index (χ0n) is 14.3. The summed E-state index contributed by atoms with van der Waals surface area (Å²) in [4.78, 5) is 1.94. The Labute approximate surface area is 187 Å². The summed E-state index contributed by atoms with van der Waals surface area (Å²) in [5.74, 6) is -0.584. The Morgan fingerprint density at radius 2 is 1.76 bits per heavy atom. The van der Waals surface area contributed by atoms with E-state index >= 15 is 0 Å². The fraction of sp³-hybridized carbons (Fsp3) is 0.538. The minimum atomic E-state index is -5.42. The topological polar surface area (TPSA) is 58.6 Å². The summed E-state index contributed by atoms with van der Waals surface area (Å²) in [6.07, 6.45) is 0. The van der Waals surface area contributed by atoms with Gasteiger partial charge in [-0.1, -0.05) is 9.95 Å². The molecule has 0 bridgehead atoms. The molecule has 1 aliphatic heterocycles. The number of nitrogens with one attached hydrogen (secondary N) is 1. The molecule has 1 aromatic rings. The fourth-order valence-corrected chi connectivity index (χ4v) is 3.25. The molecule has 136 valence electrons. The van der Waals surface area contributed by atoms with Crippen LogP contribution < -0.4 is 66.3 Å². The molecule has 25 heavy (non-hydrogen) atoms. The van der Waals surface area contributed by atoms with Gasteiger partial charge in [0.15, 0.2) is 0 Å². The van der Waals surface area contributed by atoms with Crippen molar-refractivity contribution in [2.45, 2.75) is 20.4 Å². The van der Waals surface area contributed by atoms with Gasteiger partial charge in [0, 0.05) is 32.7 Å². The average Bonchev–Trinajstić information content (AvgIpc) is 2.45. The van der Waals surface area contributed by atoms with Crippen molar-refractivity contribution in [2.24, 2.45) is 0 Å². The number of halogens is 4. The summed E-state index contributed by atoms with van der Waals surface area (Å²) in [7, 11) is -5.42. The summed E-state index contributed by atoms with van der Waals surface area (Å²) in [5.41, 5.74) is -0.930. The van der Waals surface area contributed by atoms with Crippen LogP contribution in [0.5, 0.6) is 5.75 Å².